The first-order valence-electron chi connectivity index (χ1n) is 5.25. The first-order valence-corrected chi connectivity index (χ1v) is 5.25. The summed E-state index contributed by atoms with van der Waals surface area (Å²) in [6, 6.07) is 7.85. The van der Waals surface area contributed by atoms with E-state index in [4.69, 9.17) is 11.0 Å². The molecule has 0 saturated heterocycles. The molecule has 3 nitrogen and oxygen atoms in total. The SMILES string of the molecule is N#Cc1cnc(-c2ccc(C(F)(F)F)cc2)c(N)c1. The van der Waals surface area contributed by atoms with Crippen LogP contribution in [0.25, 0.3) is 11.3 Å². The molecule has 0 aliphatic heterocycles. The van der Waals surface area contributed by atoms with Crippen LogP contribution >= 0.6 is 0 Å². The molecular weight excluding hydrogens is 255 g/mol. The van der Waals surface area contributed by atoms with Crippen molar-refractivity contribution in [2.75, 3.05) is 5.73 Å². The van der Waals surface area contributed by atoms with Crippen LogP contribution < -0.4 is 5.73 Å². The number of hydrogen-bond donors (Lipinski definition) is 1. The Morgan fingerprint density at radius 2 is 1.79 bits per heavy atom. The molecule has 1 heterocycles. The van der Waals surface area contributed by atoms with Gasteiger partial charge in [-0.1, -0.05) is 12.1 Å². The van der Waals surface area contributed by atoms with Crippen LogP contribution in [0.2, 0.25) is 0 Å². The Balaban J connectivity index is 2.41. The number of halogens is 3. The summed E-state index contributed by atoms with van der Waals surface area (Å²) in [5.74, 6) is 0. The van der Waals surface area contributed by atoms with Gasteiger partial charge >= 0.3 is 6.18 Å². The number of anilines is 1. The van der Waals surface area contributed by atoms with Gasteiger partial charge in [0.05, 0.1) is 22.5 Å². The molecule has 1 aromatic carbocycles. The van der Waals surface area contributed by atoms with E-state index in [0.717, 1.165) is 12.1 Å². The summed E-state index contributed by atoms with van der Waals surface area (Å²) in [4.78, 5) is 3.98. The number of aromatic nitrogens is 1. The summed E-state index contributed by atoms with van der Waals surface area (Å²) in [6.07, 6.45) is -3.05. The van der Waals surface area contributed by atoms with Crippen LogP contribution in [-0.2, 0) is 6.18 Å². The van der Waals surface area contributed by atoms with Gasteiger partial charge in [0, 0.05) is 11.8 Å². The van der Waals surface area contributed by atoms with Gasteiger partial charge in [-0.3, -0.25) is 4.98 Å². The second-order valence-corrected chi connectivity index (χ2v) is 3.85. The highest BCUT2D eigenvalue weighted by atomic mass is 19.4. The maximum Gasteiger partial charge on any atom is 0.416 e. The smallest absolute Gasteiger partial charge is 0.397 e. The lowest BCUT2D eigenvalue weighted by Gasteiger charge is -2.08. The zero-order valence-electron chi connectivity index (χ0n) is 9.57. The number of pyridine rings is 1. The standard InChI is InChI=1S/C13H8F3N3/c14-13(15,16)10-3-1-9(2-4-10)12-11(18)5-8(6-17)7-19-12/h1-5,7H,18H2. The number of rotatable bonds is 1. The molecule has 0 aliphatic carbocycles. The van der Waals surface area contributed by atoms with E-state index in [9.17, 15) is 13.2 Å². The van der Waals surface area contributed by atoms with E-state index in [1.54, 1.807) is 0 Å². The van der Waals surface area contributed by atoms with Gasteiger partial charge < -0.3 is 5.73 Å². The van der Waals surface area contributed by atoms with Crippen molar-refractivity contribution in [3.05, 3.63) is 47.7 Å². The highest BCUT2D eigenvalue weighted by Gasteiger charge is 2.30. The third-order valence-corrected chi connectivity index (χ3v) is 2.53. The molecule has 0 bridgehead atoms. The zero-order chi connectivity index (χ0) is 14.0. The second kappa shape index (κ2) is 4.61. The average Bonchev–Trinajstić information content (AvgIpc) is 2.37. The lowest BCUT2D eigenvalue weighted by atomic mass is 10.1. The van der Waals surface area contributed by atoms with Crippen molar-refractivity contribution in [2.45, 2.75) is 6.18 Å². The van der Waals surface area contributed by atoms with Gasteiger partial charge in [-0.25, -0.2) is 0 Å². The molecule has 0 fully saturated rings. The summed E-state index contributed by atoms with van der Waals surface area (Å²) >= 11 is 0. The highest BCUT2D eigenvalue weighted by Crippen LogP contribution is 2.31. The molecule has 1 aromatic heterocycles. The number of nitriles is 1. The maximum absolute atomic E-state index is 12.4. The summed E-state index contributed by atoms with van der Waals surface area (Å²) in [5.41, 5.74) is 6.35. The van der Waals surface area contributed by atoms with E-state index >= 15 is 0 Å². The molecule has 0 radical (unpaired) electrons. The Morgan fingerprint density at radius 3 is 2.26 bits per heavy atom. The predicted octanol–water partition coefficient (Wildman–Crippen LogP) is 3.22. The van der Waals surface area contributed by atoms with E-state index < -0.39 is 11.7 Å². The number of hydrogen-bond acceptors (Lipinski definition) is 3. The normalized spacial score (nSPS) is 11.1. The third-order valence-electron chi connectivity index (χ3n) is 2.53. The fourth-order valence-corrected chi connectivity index (χ4v) is 1.60. The summed E-state index contributed by atoms with van der Waals surface area (Å²) in [6.45, 7) is 0. The molecule has 0 saturated carbocycles. The fraction of sp³-hybridized carbons (Fsp3) is 0.0769. The summed E-state index contributed by atoms with van der Waals surface area (Å²) in [5, 5.41) is 8.68. The van der Waals surface area contributed by atoms with Crippen LogP contribution in [0.4, 0.5) is 18.9 Å². The van der Waals surface area contributed by atoms with E-state index in [2.05, 4.69) is 4.98 Å². The summed E-state index contributed by atoms with van der Waals surface area (Å²) < 4.78 is 37.3. The van der Waals surface area contributed by atoms with Crippen molar-refractivity contribution >= 4 is 5.69 Å². The largest absolute Gasteiger partial charge is 0.416 e. The minimum atomic E-state index is -4.37. The molecule has 0 aliphatic rings. The third kappa shape index (κ3) is 2.65. The first-order chi connectivity index (χ1) is 8.91. The predicted molar refractivity (Wildman–Crippen MR) is 63.8 cm³/mol. The quantitative estimate of drug-likeness (QED) is 0.859. The average molecular weight is 263 g/mol. The molecule has 6 heteroatoms. The minimum absolute atomic E-state index is 0.249. The molecule has 19 heavy (non-hydrogen) atoms. The highest BCUT2D eigenvalue weighted by molar-refractivity contribution is 5.73. The van der Waals surface area contributed by atoms with Crippen molar-refractivity contribution in [2.24, 2.45) is 0 Å². The van der Waals surface area contributed by atoms with Crippen LogP contribution in [0.3, 0.4) is 0 Å². The lowest BCUT2D eigenvalue weighted by Crippen LogP contribution is -2.04. The number of alkyl halides is 3. The van der Waals surface area contributed by atoms with Crippen molar-refractivity contribution < 1.29 is 13.2 Å². The Morgan fingerprint density at radius 1 is 1.16 bits per heavy atom. The number of nitrogens with zero attached hydrogens (tertiary/aromatic N) is 2. The molecule has 0 unspecified atom stereocenters. The van der Waals surface area contributed by atoms with Gasteiger partial charge in [-0.05, 0) is 18.2 Å². The number of nitrogen functional groups attached to an aromatic ring is 1. The van der Waals surface area contributed by atoms with Gasteiger partial charge in [0.2, 0.25) is 0 Å². The zero-order valence-corrected chi connectivity index (χ0v) is 9.57. The summed E-state index contributed by atoms with van der Waals surface area (Å²) in [7, 11) is 0. The Bertz CT molecular complexity index is 640. The van der Waals surface area contributed by atoms with Crippen LogP contribution in [-0.4, -0.2) is 4.98 Å². The number of nitrogens with two attached hydrogens (primary N) is 1. The van der Waals surface area contributed by atoms with E-state index in [1.807, 2.05) is 6.07 Å². The van der Waals surface area contributed by atoms with Crippen LogP contribution in [0.5, 0.6) is 0 Å². The topological polar surface area (TPSA) is 62.7 Å². The second-order valence-electron chi connectivity index (χ2n) is 3.85. The van der Waals surface area contributed by atoms with E-state index in [-0.39, 0.29) is 5.69 Å². The molecule has 0 amide bonds. The minimum Gasteiger partial charge on any atom is -0.397 e. The Hall–Kier alpha value is -2.55. The monoisotopic (exact) mass is 263 g/mol. The van der Waals surface area contributed by atoms with E-state index in [1.165, 1.54) is 24.4 Å². The van der Waals surface area contributed by atoms with Crippen molar-refractivity contribution in [3.63, 3.8) is 0 Å². The van der Waals surface area contributed by atoms with Crippen molar-refractivity contribution in [1.82, 2.24) is 4.98 Å². The van der Waals surface area contributed by atoms with E-state index in [0.29, 0.717) is 16.8 Å². The van der Waals surface area contributed by atoms with Crippen molar-refractivity contribution in [1.29, 1.82) is 5.26 Å². The van der Waals surface area contributed by atoms with Crippen molar-refractivity contribution in [3.8, 4) is 17.3 Å². The Kier molecular flexibility index (Phi) is 3.13. The molecule has 2 aromatic rings. The van der Waals surface area contributed by atoms with Crippen LogP contribution in [0, 0.1) is 11.3 Å². The Labute approximate surface area is 107 Å². The van der Waals surface area contributed by atoms with Gasteiger partial charge in [0.1, 0.15) is 6.07 Å². The van der Waals surface area contributed by atoms with Gasteiger partial charge in [0.25, 0.3) is 0 Å². The molecular formula is C13H8F3N3. The number of benzene rings is 1. The molecule has 2 rings (SSSR count). The lowest BCUT2D eigenvalue weighted by molar-refractivity contribution is -0.137. The van der Waals surface area contributed by atoms with Gasteiger partial charge in [-0.15, -0.1) is 0 Å². The van der Waals surface area contributed by atoms with Crippen LogP contribution in [0.1, 0.15) is 11.1 Å². The molecule has 0 atom stereocenters. The molecule has 2 N–H and O–H groups in total. The van der Waals surface area contributed by atoms with Crippen LogP contribution in [0.15, 0.2) is 36.5 Å². The maximum atomic E-state index is 12.4. The first kappa shape index (κ1) is 12.9. The van der Waals surface area contributed by atoms with Gasteiger partial charge in [-0.2, -0.15) is 18.4 Å². The molecule has 96 valence electrons. The fourth-order valence-electron chi connectivity index (χ4n) is 1.60. The van der Waals surface area contributed by atoms with Gasteiger partial charge in [0.15, 0.2) is 0 Å². The molecule has 0 spiro atoms.